The van der Waals surface area contributed by atoms with Crippen LogP contribution >= 0.6 is 0 Å². The molecule has 7 heteroatoms. The second kappa shape index (κ2) is 7.51. The number of hydrogen-bond donors (Lipinski definition) is 3. The molecule has 0 rings (SSSR count). The smallest absolute Gasteiger partial charge is 0.325 e. The largest absolute Gasteiger partial charge is 0.480 e. The van der Waals surface area contributed by atoms with Crippen LogP contribution in [-0.2, 0) is 9.59 Å². The molecule has 0 bridgehead atoms. The summed E-state index contributed by atoms with van der Waals surface area (Å²) >= 11 is 0. The van der Waals surface area contributed by atoms with E-state index in [4.69, 9.17) is 16.0 Å². The minimum absolute atomic E-state index is 0. The number of amides is 1. The van der Waals surface area contributed by atoms with Gasteiger partial charge in [0.25, 0.3) is 0 Å². The summed E-state index contributed by atoms with van der Waals surface area (Å²) in [5.41, 5.74) is 4.99. The number of nitrogens with zero attached hydrogens (tertiary/aromatic N) is 1. The number of hydrogen-bond acceptors (Lipinski definition) is 4. The summed E-state index contributed by atoms with van der Waals surface area (Å²) in [4.78, 5) is 20.5. The van der Waals surface area contributed by atoms with Gasteiger partial charge in [-0.1, -0.05) is 0 Å². The van der Waals surface area contributed by atoms with Crippen molar-refractivity contribution in [2.75, 3.05) is 13.1 Å². The monoisotopic (exact) mass is 185 g/mol. The molecule has 0 unspecified atom stereocenters. The van der Waals surface area contributed by atoms with Gasteiger partial charge in [0, 0.05) is 42.5 Å². The molecule has 1 radical (unpaired) electrons. The summed E-state index contributed by atoms with van der Waals surface area (Å²) in [5.74, 6) is -1.95. The van der Waals surface area contributed by atoms with Crippen LogP contribution in [-0.4, -0.2) is 69.9 Å². The van der Waals surface area contributed by atoms with Crippen molar-refractivity contribution in [3.05, 3.63) is 0 Å². The van der Waals surface area contributed by atoms with E-state index in [9.17, 15) is 9.59 Å². The van der Waals surface area contributed by atoms with Gasteiger partial charge in [-0.25, -0.2) is 5.06 Å². The van der Waals surface area contributed by atoms with Gasteiger partial charge in [-0.15, -0.1) is 0 Å². The Morgan fingerprint density at radius 1 is 1.42 bits per heavy atom. The Morgan fingerprint density at radius 2 is 1.92 bits per heavy atom. The van der Waals surface area contributed by atoms with Gasteiger partial charge >= 0.3 is 5.97 Å². The van der Waals surface area contributed by atoms with Crippen molar-refractivity contribution in [3.8, 4) is 0 Å². The summed E-state index contributed by atoms with van der Waals surface area (Å²) in [5, 5.41) is 16.9. The topological polar surface area (TPSA) is 104 Å². The van der Waals surface area contributed by atoms with E-state index in [1.54, 1.807) is 0 Å². The number of aliphatic carboxylic acids is 1. The van der Waals surface area contributed by atoms with E-state index in [-0.39, 0.29) is 47.6 Å². The van der Waals surface area contributed by atoms with Crippen molar-refractivity contribution in [1.82, 2.24) is 5.06 Å². The molecule has 65 valence electrons. The predicted octanol–water partition coefficient (Wildman–Crippen LogP) is -1.74. The van der Waals surface area contributed by atoms with E-state index in [0.717, 1.165) is 0 Å². The maximum Gasteiger partial charge on any atom is 0.325 e. The zero-order valence-electron chi connectivity index (χ0n) is 6.86. The first-order valence-electron chi connectivity index (χ1n) is 2.99. The Labute approximate surface area is 91.6 Å². The normalized spacial score (nSPS) is 8.50. The summed E-state index contributed by atoms with van der Waals surface area (Å²) in [7, 11) is 0. The summed E-state index contributed by atoms with van der Waals surface area (Å²) in [6, 6.07) is 0. The minimum Gasteiger partial charge on any atom is -0.480 e. The van der Waals surface area contributed by atoms with Crippen molar-refractivity contribution in [3.63, 3.8) is 0 Å². The van der Waals surface area contributed by atoms with Crippen LogP contribution in [0, 0.1) is 0 Å². The molecule has 1 amide bonds. The van der Waals surface area contributed by atoms with Crippen molar-refractivity contribution in [2.45, 2.75) is 6.42 Å². The molecule has 0 heterocycles. The summed E-state index contributed by atoms with van der Waals surface area (Å²) in [6.45, 7) is -0.617. The molecule has 0 saturated heterocycles. The number of carboxylic acids is 1. The van der Waals surface area contributed by atoms with Crippen LogP contribution in [0.25, 0.3) is 0 Å². The van der Waals surface area contributed by atoms with Crippen molar-refractivity contribution in [2.24, 2.45) is 5.73 Å². The second-order valence-electron chi connectivity index (χ2n) is 1.88. The maximum atomic E-state index is 10.6. The number of nitrogens with two attached hydrogens (primary N) is 1. The van der Waals surface area contributed by atoms with Gasteiger partial charge in [-0.05, 0) is 0 Å². The molecule has 6 nitrogen and oxygen atoms in total. The predicted molar refractivity (Wildman–Crippen MR) is 40.6 cm³/mol. The Morgan fingerprint density at radius 3 is 2.25 bits per heavy atom. The van der Waals surface area contributed by atoms with E-state index >= 15 is 0 Å². The van der Waals surface area contributed by atoms with E-state index in [1.165, 1.54) is 0 Å². The van der Waals surface area contributed by atoms with Crippen LogP contribution in [0.3, 0.4) is 0 Å². The van der Waals surface area contributed by atoms with Crippen molar-refractivity contribution in [1.29, 1.82) is 0 Å². The average molecular weight is 185 g/mol. The first kappa shape index (κ1) is 14.4. The van der Waals surface area contributed by atoms with Gasteiger partial charge in [-0.2, -0.15) is 0 Å². The molecule has 4 N–H and O–H groups in total. The molecule has 0 spiro atoms. The molecular weight excluding hydrogens is 175 g/mol. The third-order valence-electron chi connectivity index (χ3n) is 0.931. The summed E-state index contributed by atoms with van der Waals surface area (Å²) in [6.07, 6.45) is -0.0518. The zero-order valence-corrected chi connectivity index (χ0v) is 8.86. The fraction of sp³-hybridized carbons (Fsp3) is 0.600. The van der Waals surface area contributed by atoms with Gasteiger partial charge in [-0.3, -0.25) is 14.8 Å². The van der Waals surface area contributed by atoms with Crippen LogP contribution < -0.4 is 5.73 Å². The standard InChI is InChI=1S/C5H10N2O4.Na/c6-2-1-4(8)7(11)3-5(9)10;/h11H,1-3,6H2,(H,9,10);. The number of carbonyl (C=O) groups is 2. The Balaban J connectivity index is 0. The molecule has 12 heavy (non-hydrogen) atoms. The molecule has 0 aromatic heterocycles. The van der Waals surface area contributed by atoms with Gasteiger partial charge < -0.3 is 10.8 Å². The summed E-state index contributed by atoms with van der Waals surface area (Å²) < 4.78 is 0. The molecule has 0 atom stereocenters. The van der Waals surface area contributed by atoms with E-state index < -0.39 is 18.4 Å². The van der Waals surface area contributed by atoms with Crippen LogP contribution in [0.1, 0.15) is 6.42 Å². The van der Waals surface area contributed by atoms with Gasteiger partial charge in [0.15, 0.2) is 0 Å². The number of carbonyl (C=O) groups excluding carboxylic acids is 1. The van der Waals surface area contributed by atoms with E-state index in [0.29, 0.717) is 0 Å². The quantitative estimate of drug-likeness (QED) is 0.274. The van der Waals surface area contributed by atoms with Crippen molar-refractivity contribution < 1.29 is 19.9 Å². The molecular formula is C5H10N2NaO4. The van der Waals surface area contributed by atoms with E-state index in [2.05, 4.69) is 0 Å². The SMILES string of the molecule is NCCC(=O)N(O)CC(=O)O.[Na]. The number of rotatable bonds is 4. The van der Waals surface area contributed by atoms with Gasteiger partial charge in [0.05, 0.1) is 0 Å². The zero-order chi connectivity index (χ0) is 8.85. The maximum absolute atomic E-state index is 10.6. The third-order valence-corrected chi connectivity index (χ3v) is 0.931. The molecule has 0 saturated carbocycles. The van der Waals surface area contributed by atoms with Crippen LogP contribution in [0.15, 0.2) is 0 Å². The van der Waals surface area contributed by atoms with Gasteiger partial charge in [0.2, 0.25) is 5.91 Å². The second-order valence-corrected chi connectivity index (χ2v) is 1.88. The Bertz CT molecular complexity index is 164. The molecule has 0 aliphatic carbocycles. The number of hydroxylamine groups is 2. The minimum atomic E-state index is -1.27. The Hall–Kier alpha value is -0.140. The molecule has 0 fully saturated rings. The molecule has 0 aromatic carbocycles. The van der Waals surface area contributed by atoms with Crippen molar-refractivity contribution >= 4 is 41.4 Å². The van der Waals surface area contributed by atoms with Crippen LogP contribution in [0.5, 0.6) is 0 Å². The fourth-order valence-corrected chi connectivity index (χ4v) is 0.469. The van der Waals surface area contributed by atoms with Gasteiger partial charge in [0.1, 0.15) is 6.54 Å². The first-order valence-corrected chi connectivity index (χ1v) is 2.99. The molecule has 0 aliphatic heterocycles. The third kappa shape index (κ3) is 6.56. The molecule has 0 aromatic rings. The Kier molecular flexibility index (Phi) is 9.00. The average Bonchev–Trinajstić information content (AvgIpc) is 1.86. The fourth-order valence-electron chi connectivity index (χ4n) is 0.469. The van der Waals surface area contributed by atoms with Crippen LogP contribution in [0.4, 0.5) is 0 Å². The molecule has 0 aliphatic rings. The first-order chi connectivity index (χ1) is 5.07. The van der Waals surface area contributed by atoms with E-state index in [1.807, 2.05) is 0 Å². The number of carboxylic acid groups (broad SMARTS) is 1. The van der Waals surface area contributed by atoms with Crippen LogP contribution in [0.2, 0.25) is 0 Å².